The van der Waals surface area contributed by atoms with E-state index >= 15 is 0 Å². The summed E-state index contributed by atoms with van der Waals surface area (Å²) >= 11 is 0. The topological polar surface area (TPSA) is 0 Å². The number of hydrogen-bond acceptors (Lipinski definition) is 0. The fourth-order valence-corrected chi connectivity index (χ4v) is 1.48. The second-order valence-corrected chi connectivity index (χ2v) is 9.45. The Labute approximate surface area is 65.7 Å². The highest BCUT2D eigenvalue weighted by atomic mass is 28.3. The molecule has 0 N–H and O–H groups in total. The van der Waals surface area contributed by atoms with Crippen molar-refractivity contribution in [1.82, 2.24) is 0 Å². The lowest BCUT2D eigenvalue weighted by Gasteiger charge is -2.12. The van der Waals surface area contributed by atoms with Gasteiger partial charge >= 0.3 is 0 Å². The Hall–Kier alpha value is -0.303. The highest BCUT2D eigenvalue weighted by molar-refractivity contribution is 6.76. The van der Waals surface area contributed by atoms with Gasteiger partial charge in [0.25, 0.3) is 0 Å². The molecule has 0 atom stereocenters. The fourth-order valence-electron chi connectivity index (χ4n) is 0.551. The lowest BCUT2D eigenvalue weighted by Crippen LogP contribution is -2.17. The summed E-state index contributed by atoms with van der Waals surface area (Å²) in [6.45, 7) is 12.9. The lowest BCUT2D eigenvalue weighted by molar-refractivity contribution is 1.42. The molecule has 0 aliphatic rings. The molecule has 0 spiro atoms. The van der Waals surface area contributed by atoms with E-state index in [4.69, 9.17) is 0 Å². The van der Waals surface area contributed by atoms with Gasteiger partial charge in [-0.25, -0.2) is 0 Å². The van der Waals surface area contributed by atoms with Crippen molar-refractivity contribution in [3.8, 4) is 0 Å². The zero-order valence-electron chi connectivity index (χ0n) is 7.57. The van der Waals surface area contributed by atoms with Crippen LogP contribution in [0.4, 0.5) is 0 Å². The summed E-state index contributed by atoms with van der Waals surface area (Å²) in [5.74, 6) is 0. The molecule has 0 aliphatic heterocycles. The first-order valence-corrected chi connectivity index (χ1v) is 7.45. The van der Waals surface area contributed by atoms with E-state index in [-0.39, 0.29) is 0 Å². The van der Waals surface area contributed by atoms with E-state index in [0.717, 1.165) is 0 Å². The maximum atomic E-state index is 3.71. The minimum Gasteiger partial charge on any atom is -0.0988 e. The van der Waals surface area contributed by atoms with Gasteiger partial charge in [-0.05, 0) is 13.0 Å². The van der Waals surface area contributed by atoms with Crippen LogP contribution in [0.1, 0.15) is 6.92 Å². The smallest absolute Gasteiger partial charge is 0.0480 e. The van der Waals surface area contributed by atoms with Gasteiger partial charge in [-0.2, -0.15) is 0 Å². The summed E-state index contributed by atoms with van der Waals surface area (Å²) in [6, 6.07) is 1.27. The molecule has 0 aromatic carbocycles. The molecule has 0 fully saturated rings. The zero-order valence-corrected chi connectivity index (χ0v) is 8.57. The van der Waals surface area contributed by atoms with Crippen LogP contribution in [0.2, 0.25) is 25.7 Å². The van der Waals surface area contributed by atoms with Crippen LogP contribution < -0.4 is 0 Å². The van der Waals surface area contributed by atoms with Crippen molar-refractivity contribution in [1.29, 1.82) is 0 Å². The Morgan fingerprint density at radius 1 is 1.40 bits per heavy atom. The fraction of sp³-hybridized carbons (Fsp3) is 0.556. The summed E-state index contributed by atoms with van der Waals surface area (Å²) in [7, 11) is -0.860. The second kappa shape index (κ2) is 3.77. The third-order valence-corrected chi connectivity index (χ3v) is 2.79. The molecule has 0 aliphatic carbocycles. The Bertz CT molecular complexity index is 137. The Kier molecular flexibility index (Phi) is 3.65. The molecule has 0 unspecified atom stereocenters. The maximum Gasteiger partial charge on any atom is 0.0480 e. The van der Waals surface area contributed by atoms with E-state index in [1.807, 2.05) is 6.08 Å². The summed E-state index contributed by atoms with van der Waals surface area (Å²) < 4.78 is 0. The minimum atomic E-state index is -0.860. The Morgan fingerprint density at radius 2 is 1.90 bits per heavy atom. The quantitative estimate of drug-likeness (QED) is 0.431. The van der Waals surface area contributed by atoms with Crippen LogP contribution in [0.15, 0.2) is 24.3 Å². The van der Waals surface area contributed by atoms with Gasteiger partial charge in [-0.15, -0.1) is 0 Å². The molecule has 0 heterocycles. The van der Waals surface area contributed by atoms with Gasteiger partial charge in [0.15, 0.2) is 0 Å². The van der Waals surface area contributed by atoms with Crippen molar-refractivity contribution in [3.63, 3.8) is 0 Å². The zero-order chi connectivity index (χ0) is 8.20. The predicted molar refractivity (Wildman–Crippen MR) is 52.1 cm³/mol. The maximum absolute atomic E-state index is 3.71. The van der Waals surface area contributed by atoms with Crippen LogP contribution in [-0.2, 0) is 0 Å². The number of rotatable bonds is 3. The summed E-state index contributed by atoms with van der Waals surface area (Å²) in [5, 5.41) is 0. The van der Waals surface area contributed by atoms with E-state index in [9.17, 15) is 0 Å². The first-order chi connectivity index (χ1) is 4.45. The largest absolute Gasteiger partial charge is 0.0988 e. The molecule has 10 heavy (non-hydrogen) atoms. The average Bonchev–Trinajstić information content (AvgIpc) is 1.81. The van der Waals surface area contributed by atoms with Crippen molar-refractivity contribution in [3.05, 3.63) is 24.3 Å². The van der Waals surface area contributed by atoms with Gasteiger partial charge in [0, 0.05) is 8.07 Å². The average molecular weight is 154 g/mol. The number of hydrogen-bond donors (Lipinski definition) is 0. The SMILES string of the molecule is C=C/C(C)=C/C[Si](C)(C)C. The monoisotopic (exact) mass is 154 g/mol. The van der Waals surface area contributed by atoms with Crippen LogP contribution in [-0.4, -0.2) is 8.07 Å². The van der Waals surface area contributed by atoms with Gasteiger partial charge in [0.05, 0.1) is 0 Å². The molecule has 0 rings (SSSR count). The first kappa shape index (κ1) is 9.70. The van der Waals surface area contributed by atoms with Gasteiger partial charge in [-0.1, -0.05) is 43.9 Å². The predicted octanol–water partition coefficient (Wildman–Crippen LogP) is 3.46. The molecule has 0 nitrogen and oxygen atoms in total. The molecule has 58 valence electrons. The Morgan fingerprint density at radius 3 is 2.20 bits per heavy atom. The van der Waals surface area contributed by atoms with Crippen molar-refractivity contribution >= 4 is 8.07 Å². The third-order valence-electron chi connectivity index (χ3n) is 1.36. The minimum absolute atomic E-state index is 0.860. The van der Waals surface area contributed by atoms with Crippen LogP contribution in [0.5, 0.6) is 0 Å². The van der Waals surface area contributed by atoms with E-state index in [2.05, 4.69) is 39.2 Å². The molecule has 0 saturated heterocycles. The molecule has 0 saturated carbocycles. The van der Waals surface area contributed by atoms with Crippen molar-refractivity contribution in [2.45, 2.75) is 32.6 Å². The molecular weight excluding hydrogens is 136 g/mol. The number of allylic oxidation sites excluding steroid dienone is 3. The highest BCUT2D eigenvalue weighted by Crippen LogP contribution is 2.10. The molecule has 0 aromatic heterocycles. The highest BCUT2D eigenvalue weighted by Gasteiger charge is 2.09. The normalized spacial score (nSPS) is 13.4. The standard InChI is InChI=1S/C9H18Si/c1-6-9(2)7-8-10(3,4)5/h6-7H,1,8H2,2-5H3/b9-7+. The lowest BCUT2D eigenvalue weighted by atomic mass is 10.3. The van der Waals surface area contributed by atoms with E-state index in [1.165, 1.54) is 11.6 Å². The third kappa shape index (κ3) is 5.83. The second-order valence-electron chi connectivity index (χ2n) is 3.92. The molecule has 0 aromatic rings. The molecule has 1 heteroatoms. The molecule has 0 bridgehead atoms. The summed E-state index contributed by atoms with van der Waals surface area (Å²) in [6.07, 6.45) is 4.21. The Balaban J connectivity index is 3.84. The van der Waals surface area contributed by atoms with Crippen LogP contribution >= 0.6 is 0 Å². The molecule has 0 amide bonds. The van der Waals surface area contributed by atoms with Crippen LogP contribution in [0, 0.1) is 0 Å². The van der Waals surface area contributed by atoms with E-state index < -0.39 is 8.07 Å². The van der Waals surface area contributed by atoms with E-state index in [1.54, 1.807) is 0 Å². The van der Waals surface area contributed by atoms with Crippen molar-refractivity contribution in [2.75, 3.05) is 0 Å². The van der Waals surface area contributed by atoms with E-state index in [0.29, 0.717) is 0 Å². The van der Waals surface area contributed by atoms with Crippen LogP contribution in [0.25, 0.3) is 0 Å². The van der Waals surface area contributed by atoms with Gasteiger partial charge in [0.2, 0.25) is 0 Å². The first-order valence-electron chi connectivity index (χ1n) is 3.75. The van der Waals surface area contributed by atoms with Gasteiger partial charge in [-0.3, -0.25) is 0 Å². The van der Waals surface area contributed by atoms with Gasteiger partial charge < -0.3 is 0 Å². The van der Waals surface area contributed by atoms with Gasteiger partial charge in [0.1, 0.15) is 0 Å². The van der Waals surface area contributed by atoms with Crippen molar-refractivity contribution < 1.29 is 0 Å². The summed E-state index contributed by atoms with van der Waals surface area (Å²) in [5.41, 5.74) is 1.31. The molecule has 0 radical (unpaired) electrons. The van der Waals surface area contributed by atoms with Crippen LogP contribution in [0.3, 0.4) is 0 Å². The molecular formula is C9H18Si. The summed E-state index contributed by atoms with van der Waals surface area (Å²) in [4.78, 5) is 0. The van der Waals surface area contributed by atoms with Crippen molar-refractivity contribution in [2.24, 2.45) is 0 Å².